The third-order valence-electron chi connectivity index (χ3n) is 9.41. The summed E-state index contributed by atoms with van der Waals surface area (Å²) in [7, 11) is 0. The lowest BCUT2D eigenvalue weighted by Crippen LogP contribution is -2.46. The van der Waals surface area contributed by atoms with Gasteiger partial charge in [0.25, 0.3) is 0 Å². The Kier molecular flexibility index (Phi) is 7.10. The summed E-state index contributed by atoms with van der Waals surface area (Å²) in [6.45, 7) is 5.09. The molecule has 3 unspecified atom stereocenters. The Hall–Kier alpha value is -2.97. The van der Waals surface area contributed by atoms with Gasteiger partial charge in [0.05, 0.1) is 12.6 Å². The van der Waals surface area contributed by atoms with Gasteiger partial charge in [-0.2, -0.15) is 0 Å². The minimum Gasteiger partial charge on any atom is -0.436 e. The van der Waals surface area contributed by atoms with E-state index in [1.165, 1.54) is 4.90 Å². The van der Waals surface area contributed by atoms with E-state index >= 15 is 0 Å². The summed E-state index contributed by atoms with van der Waals surface area (Å²) in [5.74, 6) is 0.297. The number of nitrogens with zero attached hydrogens (tertiary/aromatic N) is 3. The molecular weight excluding hydrogens is 494 g/mol. The molecule has 2 amide bonds. The van der Waals surface area contributed by atoms with Crippen LogP contribution in [-0.4, -0.2) is 88.1 Å². The van der Waals surface area contributed by atoms with Crippen LogP contribution in [0.4, 0.5) is 4.79 Å². The molecule has 0 aromatic heterocycles. The molecule has 208 valence electrons. The second kappa shape index (κ2) is 10.5. The van der Waals surface area contributed by atoms with Crippen LogP contribution >= 0.6 is 0 Å². The third-order valence-corrected chi connectivity index (χ3v) is 9.41. The number of hydrogen-bond donors (Lipinski definition) is 1. The van der Waals surface area contributed by atoms with Crippen molar-refractivity contribution < 1.29 is 24.2 Å². The van der Waals surface area contributed by atoms with Crippen molar-refractivity contribution in [2.75, 3.05) is 32.7 Å². The Labute approximate surface area is 230 Å². The average molecular weight is 534 g/mol. The van der Waals surface area contributed by atoms with Gasteiger partial charge in [-0.15, -0.1) is 0 Å². The summed E-state index contributed by atoms with van der Waals surface area (Å²) in [6, 6.07) is 10.1. The number of ether oxygens (including phenoxy) is 1. The summed E-state index contributed by atoms with van der Waals surface area (Å²) >= 11 is 0. The molecule has 0 bridgehead atoms. The highest BCUT2D eigenvalue weighted by molar-refractivity contribution is 6.02. The fourth-order valence-electron chi connectivity index (χ4n) is 6.84. The fraction of sp³-hybridized carbons (Fsp3) is 0.581. The molecule has 1 aromatic carbocycles. The van der Waals surface area contributed by atoms with E-state index in [0.29, 0.717) is 38.4 Å². The van der Waals surface area contributed by atoms with Crippen molar-refractivity contribution in [3.63, 3.8) is 0 Å². The molecule has 3 atom stereocenters. The first-order valence-electron chi connectivity index (χ1n) is 14.5. The minimum absolute atomic E-state index is 0.0156. The molecule has 1 spiro atoms. The summed E-state index contributed by atoms with van der Waals surface area (Å²) in [5.41, 5.74) is 1.91. The molecule has 5 aliphatic rings. The number of likely N-dealkylation sites (tertiary alicyclic amines) is 1. The van der Waals surface area contributed by atoms with Gasteiger partial charge >= 0.3 is 6.09 Å². The van der Waals surface area contributed by atoms with Crippen molar-refractivity contribution >= 4 is 17.8 Å². The van der Waals surface area contributed by atoms with Gasteiger partial charge < -0.3 is 14.7 Å². The molecule has 3 aliphatic carbocycles. The van der Waals surface area contributed by atoms with Gasteiger partial charge in [0.15, 0.2) is 11.4 Å². The van der Waals surface area contributed by atoms with E-state index in [9.17, 15) is 19.5 Å². The smallest absolute Gasteiger partial charge is 0.411 e. The Morgan fingerprint density at radius 2 is 1.85 bits per heavy atom. The van der Waals surface area contributed by atoms with E-state index in [2.05, 4.69) is 11.8 Å². The zero-order valence-electron chi connectivity index (χ0n) is 22.8. The van der Waals surface area contributed by atoms with Crippen LogP contribution in [0.15, 0.2) is 53.6 Å². The van der Waals surface area contributed by atoms with E-state index in [1.54, 1.807) is 0 Å². The number of aliphatic hydroxyl groups excluding tert-OH is 1. The number of aliphatic hydroxyl groups is 1. The van der Waals surface area contributed by atoms with Gasteiger partial charge in [-0.1, -0.05) is 42.5 Å². The Balaban J connectivity index is 1.14. The number of piperidine rings is 1. The lowest BCUT2D eigenvalue weighted by atomic mass is 9.83. The van der Waals surface area contributed by atoms with Crippen LogP contribution in [0.1, 0.15) is 51.0 Å². The number of hydrogen-bond acceptors (Lipinski definition) is 6. The molecule has 8 nitrogen and oxygen atoms in total. The number of carbonyl (C=O) groups excluding carboxylic acids is 3. The average Bonchev–Trinajstić information content (AvgIpc) is 3.66. The van der Waals surface area contributed by atoms with Crippen LogP contribution in [0.25, 0.3) is 0 Å². The fourth-order valence-corrected chi connectivity index (χ4v) is 6.84. The Morgan fingerprint density at radius 3 is 2.56 bits per heavy atom. The molecule has 2 aliphatic heterocycles. The Morgan fingerprint density at radius 1 is 1.10 bits per heavy atom. The summed E-state index contributed by atoms with van der Waals surface area (Å²) in [6.07, 6.45) is 8.15. The first kappa shape index (κ1) is 26.3. The van der Waals surface area contributed by atoms with E-state index in [-0.39, 0.29) is 36.3 Å². The molecule has 2 heterocycles. The quantitative estimate of drug-likeness (QED) is 0.552. The number of fused-ring (bicyclic) bond motifs is 2. The first-order chi connectivity index (χ1) is 18.8. The maximum atomic E-state index is 13.6. The van der Waals surface area contributed by atoms with Crippen LogP contribution < -0.4 is 0 Å². The molecule has 8 heteroatoms. The van der Waals surface area contributed by atoms with Gasteiger partial charge in [-0.25, -0.2) is 4.79 Å². The zero-order chi connectivity index (χ0) is 27.1. The van der Waals surface area contributed by atoms with Crippen LogP contribution in [-0.2, 0) is 20.9 Å². The molecule has 1 N–H and O–H groups in total. The van der Waals surface area contributed by atoms with Crippen LogP contribution in [0, 0.1) is 11.8 Å². The molecule has 2 saturated carbocycles. The molecule has 4 fully saturated rings. The van der Waals surface area contributed by atoms with E-state index in [1.807, 2.05) is 47.4 Å². The largest absolute Gasteiger partial charge is 0.436 e. The second-order valence-electron chi connectivity index (χ2n) is 12.1. The van der Waals surface area contributed by atoms with Gasteiger partial charge in [-0.05, 0) is 62.5 Å². The number of amides is 2. The number of allylic oxidation sites excluding steroid dienone is 2. The highest BCUT2D eigenvalue weighted by Crippen LogP contribution is 2.48. The van der Waals surface area contributed by atoms with Crippen molar-refractivity contribution in [3.05, 3.63) is 59.2 Å². The van der Waals surface area contributed by atoms with Crippen LogP contribution in [0.3, 0.4) is 0 Å². The molecule has 1 aromatic rings. The number of carbonyl (C=O) groups is 3. The minimum atomic E-state index is -0.832. The molecular formula is C31H39N3O5. The Bertz CT molecular complexity index is 1180. The number of benzene rings is 1. The van der Waals surface area contributed by atoms with E-state index in [0.717, 1.165) is 55.5 Å². The number of rotatable bonds is 8. The lowest BCUT2D eigenvalue weighted by molar-refractivity contribution is -0.135. The van der Waals surface area contributed by atoms with Crippen molar-refractivity contribution in [3.8, 4) is 0 Å². The number of ketones is 1. The predicted octanol–water partition coefficient (Wildman–Crippen LogP) is 3.31. The molecule has 0 radical (unpaired) electrons. The normalized spacial score (nSPS) is 28.3. The van der Waals surface area contributed by atoms with Crippen LogP contribution in [0.5, 0.6) is 0 Å². The third kappa shape index (κ3) is 5.29. The number of Topliss-reactive ketones (excluding diaryl/α,β-unsaturated/α-hetero) is 1. The predicted molar refractivity (Wildman–Crippen MR) is 146 cm³/mol. The summed E-state index contributed by atoms with van der Waals surface area (Å²) in [4.78, 5) is 45.8. The van der Waals surface area contributed by atoms with Crippen molar-refractivity contribution in [2.45, 2.75) is 69.7 Å². The second-order valence-corrected chi connectivity index (χ2v) is 12.1. The van der Waals surface area contributed by atoms with Gasteiger partial charge in [-0.3, -0.25) is 19.4 Å². The first-order valence-corrected chi connectivity index (χ1v) is 14.5. The molecule has 2 saturated heterocycles. The maximum absolute atomic E-state index is 13.6. The summed E-state index contributed by atoms with van der Waals surface area (Å²) < 4.78 is 5.98. The monoisotopic (exact) mass is 533 g/mol. The summed E-state index contributed by atoms with van der Waals surface area (Å²) in [5, 5.41) is 9.79. The van der Waals surface area contributed by atoms with Gasteiger partial charge in [0, 0.05) is 43.7 Å². The standard InChI is InChI=1S/C31H39N3O5/c1-21(23-7-8-23)34(17-22-5-3-2-4-6-22)28(36)19-33-20-31(39-30(33)38)14-11-26-27(31)10-9-24(29(26)37)18-32-15-12-25(35)13-16-32/h2-6,9-10,21,23,25-26,35H,7-8,11-20H2,1H3. The van der Waals surface area contributed by atoms with Gasteiger partial charge in [0.1, 0.15) is 6.54 Å². The topological polar surface area (TPSA) is 90.4 Å². The maximum Gasteiger partial charge on any atom is 0.411 e. The zero-order valence-corrected chi connectivity index (χ0v) is 22.8. The van der Waals surface area contributed by atoms with E-state index in [4.69, 9.17) is 4.74 Å². The van der Waals surface area contributed by atoms with E-state index < -0.39 is 11.7 Å². The van der Waals surface area contributed by atoms with Crippen molar-refractivity contribution in [1.82, 2.24) is 14.7 Å². The highest BCUT2D eigenvalue weighted by atomic mass is 16.6. The lowest BCUT2D eigenvalue weighted by Gasteiger charge is -2.32. The van der Waals surface area contributed by atoms with Crippen molar-refractivity contribution in [2.24, 2.45) is 11.8 Å². The van der Waals surface area contributed by atoms with Crippen LogP contribution in [0.2, 0.25) is 0 Å². The van der Waals surface area contributed by atoms with Gasteiger partial charge in [0.2, 0.25) is 5.91 Å². The SMILES string of the molecule is CC(C1CC1)N(Cc1ccccc1)C(=O)CN1CC2(CCC3C(=O)C(CN4CCC(O)CC4)=CC=C32)OC1=O. The molecule has 6 rings (SSSR count). The van der Waals surface area contributed by atoms with Crippen molar-refractivity contribution in [1.29, 1.82) is 0 Å². The molecule has 39 heavy (non-hydrogen) atoms. The highest BCUT2D eigenvalue weighted by Gasteiger charge is 2.56.